The number of nitrogens with one attached hydrogen (secondary N) is 1. The Kier molecular flexibility index (Phi) is 6.10. The maximum Gasteiger partial charge on any atom is 0.303 e. The number of rotatable bonds is 4. The summed E-state index contributed by atoms with van der Waals surface area (Å²) in [6, 6.07) is -0.500. The first kappa shape index (κ1) is 17.4. The minimum Gasteiger partial charge on any atom is -0.463 e. The molecule has 1 rings (SSSR count). The minimum atomic E-state index is -0.781. The fourth-order valence-electron chi connectivity index (χ4n) is 2.36. The number of esters is 2. The predicted octanol–water partition coefficient (Wildman–Crippen LogP) is -0.694. The third-order valence-electron chi connectivity index (χ3n) is 3.26. The normalized spacial score (nSPS) is 32.1. The van der Waals surface area contributed by atoms with Gasteiger partial charge in [-0.2, -0.15) is 0 Å². The first-order valence-electron chi connectivity index (χ1n) is 6.71. The van der Waals surface area contributed by atoms with Crippen LogP contribution in [-0.2, 0) is 28.6 Å². The molecule has 1 fully saturated rings. The lowest BCUT2D eigenvalue weighted by atomic mass is 9.88. The van der Waals surface area contributed by atoms with Crippen LogP contribution in [0.2, 0.25) is 0 Å². The van der Waals surface area contributed by atoms with Crippen molar-refractivity contribution in [3.8, 4) is 0 Å². The second-order valence-electron chi connectivity index (χ2n) is 5.10. The molecule has 1 aliphatic rings. The fourth-order valence-corrected chi connectivity index (χ4v) is 2.36. The number of hydrogen-bond donors (Lipinski definition) is 2. The van der Waals surface area contributed by atoms with Gasteiger partial charge in [0, 0.05) is 26.7 Å². The summed E-state index contributed by atoms with van der Waals surface area (Å²) in [5.74, 6) is -1.50. The highest BCUT2D eigenvalue weighted by atomic mass is 16.6. The molecule has 0 aromatic rings. The van der Waals surface area contributed by atoms with Crippen molar-refractivity contribution in [2.45, 2.75) is 52.2 Å². The Bertz CT molecular complexity index is 411. The lowest BCUT2D eigenvalue weighted by Gasteiger charge is -2.43. The van der Waals surface area contributed by atoms with Gasteiger partial charge in [0.2, 0.25) is 5.91 Å². The summed E-state index contributed by atoms with van der Waals surface area (Å²) >= 11 is 0. The summed E-state index contributed by atoms with van der Waals surface area (Å²) in [5, 5.41) is 2.68. The van der Waals surface area contributed by atoms with Crippen LogP contribution in [-0.4, -0.2) is 48.9 Å². The zero-order chi connectivity index (χ0) is 16.2. The fraction of sp³-hybridized carbons (Fsp3) is 0.769. The van der Waals surface area contributed by atoms with Gasteiger partial charge in [0.15, 0.2) is 0 Å². The molecule has 1 saturated heterocycles. The zero-order valence-corrected chi connectivity index (χ0v) is 12.6. The molecule has 0 aliphatic carbocycles. The second kappa shape index (κ2) is 7.37. The summed E-state index contributed by atoms with van der Waals surface area (Å²) in [4.78, 5) is 33.4. The van der Waals surface area contributed by atoms with Crippen molar-refractivity contribution in [2.24, 2.45) is 11.7 Å². The number of amides is 1. The van der Waals surface area contributed by atoms with E-state index in [-0.39, 0.29) is 18.4 Å². The number of carbonyl (C=O) groups is 3. The lowest BCUT2D eigenvalue weighted by Crippen LogP contribution is -2.63. The monoisotopic (exact) mass is 302 g/mol. The maximum absolute atomic E-state index is 11.2. The van der Waals surface area contributed by atoms with Gasteiger partial charge in [-0.1, -0.05) is 6.92 Å². The van der Waals surface area contributed by atoms with Crippen molar-refractivity contribution in [1.29, 1.82) is 0 Å². The lowest BCUT2D eigenvalue weighted by molar-refractivity contribution is -0.198. The van der Waals surface area contributed by atoms with E-state index < -0.39 is 36.4 Å². The number of carbonyl (C=O) groups excluding carboxylic acids is 3. The predicted molar refractivity (Wildman–Crippen MR) is 71.8 cm³/mol. The molecule has 120 valence electrons. The molecule has 0 saturated carbocycles. The molecule has 1 aliphatic heterocycles. The molecule has 5 atom stereocenters. The van der Waals surface area contributed by atoms with Gasteiger partial charge in [-0.3, -0.25) is 14.4 Å². The van der Waals surface area contributed by atoms with Crippen molar-refractivity contribution in [3.05, 3.63) is 0 Å². The van der Waals surface area contributed by atoms with Gasteiger partial charge in [-0.25, -0.2) is 0 Å². The molecule has 5 unspecified atom stereocenters. The van der Waals surface area contributed by atoms with Crippen LogP contribution < -0.4 is 11.1 Å². The molecule has 0 aromatic heterocycles. The highest BCUT2D eigenvalue weighted by Gasteiger charge is 2.45. The Morgan fingerprint density at radius 3 is 2.29 bits per heavy atom. The van der Waals surface area contributed by atoms with E-state index in [1.54, 1.807) is 6.92 Å². The third-order valence-corrected chi connectivity index (χ3v) is 3.26. The summed E-state index contributed by atoms with van der Waals surface area (Å²) in [6.45, 7) is 5.63. The van der Waals surface area contributed by atoms with Crippen LogP contribution in [0, 0.1) is 5.92 Å². The van der Waals surface area contributed by atoms with E-state index in [0.717, 1.165) is 0 Å². The van der Waals surface area contributed by atoms with Crippen molar-refractivity contribution in [3.63, 3.8) is 0 Å². The molecule has 0 bridgehead atoms. The van der Waals surface area contributed by atoms with Gasteiger partial charge in [-0.05, 0) is 0 Å². The molecule has 3 N–H and O–H groups in total. The molecular weight excluding hydrogens is 280 g/mol. The highest BCUT2D eigenvalue weighted by Crippen LogP contribution is 2.27. The Balaban J connectivity index is 2.86. The van der Waals surface area contributed by atoms with Gasteiger partial charge in [0.1, 0.15) is 25.0 Å². The van der Waals surface area contributed by atoms with Gasteiger partial charge < -0.3 is 25.3 Å². The van der Waals surface area contributed by atoms with E-state index in [4.69, 9.17) is 19.9 Å². The summed E-state index contributed by atoms with van der Waals surface area (Å²) in [7, 11) is 0. The maximum atomic E-state index is 11.2. The first-order chi connectivity index (χ1) is 9.72. The molecule has 8 nitrogen and oxygen atoms in total. The SMILES string of the molecule is CC(=O)NC1C(N)OC(COC(C)=O)C(OC(C)=O)C1C. The molecule has 1 heterocycles. The van der Waals surface area contributed by atoms with Crippen LogP contribution in [0.4, 0.5) is 0 Å². The number of hydrogen-bond acceptors (Lipinski definition) is 7. The number of ether oxygens (including phenoxy) is 3. The molecule has 1 amide bonds. The minimum absolute atomic E-state index is 0.0713. The summed E-state index contributed by atoms with van der Waals surface area (Å²) < 4.78 is 15.7. The number of nitrogens with two attached hydrogens (primary N) is 1. The average molecular weight is 302 g/mol. The average Bonchev–Trinajstić information content (AvgIpc) is 2.35. The largest absolute Gasteiger partial charge is 0.463 e. The van der Waals surface area contributed by atoms with Crippen LogP contribution in [0.3, 0.4) is 0 Å². The quantitative estimate of drug-likeness (QED) is 0.660. The van der Waals surface area contributed by atoms with E-state index in [9.17, 15) is 14.4 Å². The standard InChI is InChI=1S/C13H22N2O6/c1-6-11(15-7(2)16)13(14)21-10(5-19-8(3)17)12(6)20-9(4)18/h6,10-13H,5,14H2,1-4H3,(H,15,16). The van der Waals surface area contributed by atoms with E-state index >= 15 is 0 Å². The molecular formula is C13H22N2O6. The Hall–Kier alpha value is -1.67. The van der Waals surface area contributed by atoms with Crippen LogP contribution >= 0.6 is 0 Å². The van der Waals surface area contributed by atoms with E-state index in [2.05, 4.69) is 5.32 Å². The molecule has 0 radical (unpaired) electrons. The Labute approximate surface area is 123 Å². The smallest absolute Gasteiger partial charge is 0.303 e. The van der Waals surface area contributed by atoms with Crippen molar-refractivity contribution >= 4 is 17.8 Å². The van der Waals surface area contributed by atoms with Gasteiger partial charge in [0.05, 0.1) is 6.04 Å². The van der Waals surface area contributed by atoms with E-state index in [0.29, 0.717) is 0 Å². The van der Waals surface area contributed by atoms with Gasteiger partial charge >= 0.3 is 11.9 Å². The van der Waals surface area contributed by atoms with Crippen LogP contribution in [0.5, 0.6) is 0 Å². The third kappa shape index (κ3) is 4.98. The molecule has 0 spiro atoms. The Morgan fingerprint density at radius 1 is 1.19 bits per heavy atom. The summed E-state index contributed by atoms with van der Waals surface area (Å²) in [5.41, 5.74) is 5.89. The molecule has 0 aromatic carbocycles. The van der Waals surface area contributed by atoms with E-state index in [1.807, 2.05) is 0 Å². The topological polar surface area (TPSA) is 117 Å². The van der Waals surface area contributed by atoms with Crippen molar-refractivity contribution < 1.29 is 28.6 Å². The van der Waals surface area contributed by atoms with Crippen LogP contribution in [0.1, 0.15) is 27.7 Å². The first-order valence-corrected chi connectivity index (χ1v) is 6.71. The molecule has 21 heavy (non-hydrogen) atoms. The van der Waals surface area contributed by atoms with Crippen molar-refractivity contribution in [2.75, 3.05) is 6.61 Å². The second-order valence-corrected chi connectivity index (χ2v) is 5.10. The van der Waals surface area contributed by atoms with Gasteiger partial charge in [0.25, 0.3) is 0 Å². The van der Waals surface area contributed by atoms with Gasteiger partial charge in [-0.15, -0.1) is 0 Å². The van der Waals surface area contributed by atoms with E-state index in [1.165, 1.54) is 20.8 Å². The molecule has 8 heteroatoms. The van der Waals surface area contributed by atoms with Crippen LogP contribution in [0.25, 0.3) is 0 Å². The zero-order valence-electron chi connectivity index (χ0n) is 12.6. The summed E-state index contributed by atoms with van der Waals surface area (Å²) in [6.07, 6.45) is -2.12. The van der Waals surface area contributed by atoms with Crippen molar-refractivity contribution in [1.82, 2.24) is 5.32 Å². The highest BCUT2D eigenvalue weighted by molar-refractivity contribution is 5.73. The van der Waals surface area contributed by atoms with Crippen LogP contribution in [0.15, 0.2) is 0 Å². The Morgan fingerprint density at radius 2 is 1.81 bits per heavy atom.